The second-order valence-electron chi connectivity index (χ2n) is 3.94. The molecule has 0 spiro atoms. The van der Waals surface area contributed by atoms with Crippen LogP contribution in [0.5, 0.6) is 0 Å². The lowest BCUT2D eigenvalue weighted by atomic mass is 9.91. The van der Waals surface area contributed by atoms with Crippen molar-refractivity contribution in [1.29, 1.82) is 0 Å². The van der Waals surface area contributed by atoms with Gasteiger partial charge in [0.05, 0.1) is 6.04 Å². The average molecular weight is 238 g/mol. The number of aliphatic hydroxyl groups excluding tert-OH is 1. The van der Waals surface area contributed by atoms with Crippen molar-refractivity contribution in [3.8, 4) is 0 Å². The number of hydrogen-bond donors (Lipinski definition) is 3. The van der Waals surface area contributed by atoms with Crippen LogP contribution >= 0.6 is 0 Å². The van der Waals surface area contributed by atoms with Crippen LogP contribution in [0, 0.1) is 0 Å². The molecule has 0 heterocycles. The summed E-state index contributed by atoms with van der Waals surface area (Å²) in [4.78, 5) is 22.3. The standard InChI is InChI=1S/C12H18N2O3/c1-2-6-13-12(17)11(16)10(14-8-15)7-9-4-3-5-9/h2,4,8,10,12-13,17H,1,3,5-7H2,(H,14,15). The highest BCUT2D eigenvalue weighted by Gasteiger charge is 2.26. The van der Waals surface area contributed by atoms with Crippen molar-refractivity contribution in [3.63, 3.8) is 0 Å². The predicted molar refractivity (Wildman–Crippen MR) is 64.1 cm³/mol. The summed E-state index contributed by atoms with van der Waals surface area (Å²) in [6.45, 7) is 3.81. The van der Waals surface area contributed by atoms with Crippen LogP contribution in [0.15, 0.2) is 24.3 Å². The highest BCUT2D eigenvalue weighted by molar-refractivity contribution is 5.89. The Labute approximate surface area is 101 Å². The molecule has 2 atom stereocenters. The summed E-state index contributed by atoms with van der Waals surface area (Å²) in [5, 5.41) is 14.6. The quantitative estimate of drug-likeness (QED) is 0.297. The number of carbonyl (C=O) groups is 2. The zero-order chi connectivity index (χ0) is 12.7. The minimum atomic E-state index is -1.27. The third kappa shape index (κ3) is 4.13. The van der Waals surface area contributed by atoms with Gasteiger partial charge in [0.25, 0.3) is 0 Å². The van der Waals surface area contributed by atoms with E-state index < -0.39 is 18.1 Å². The monoisotopic (exact) mass is 238 g/mol. The Morgan fingerprint density at radius 2 is 2.35 bits per heavy atom. The molecule has 5 heteroatoms. The molecule has 0 saturated carbocycles. The van der Waals surface area contributed by atoms with Crippen molar-refractivity contribution in [3.05, 3.63) is 24.3 Å². The number of aliphatic hydroxyl groups is 1. The highest BCUT2D eigenvalue weighted by Crippen LogP contribution is 2.23. The molecular weight excluding hydrogens is 220 g/mol. The molecule has 0 aromatic rings. The van der Waals surface area contributed by atoms with Gasteiger partial charge in [-0.2, -0.15) is 0 Å². The van der Waals surface area contributed by atoms with Crippen molar-refractivity contribution in [1.82, 2.24) is 10.6 Å². The van der Waals surface area contributed by atoms with Gasteiger partial charge in [-0.15, -0.1) is 6.58 Å². The van der Waals surface area contributed by atoms with E-state index in [1.807, 2.05) is 6.08 Å². The van der Waals surface area contributed by atoms with Crippen molar-refractivity contribution in [2.75, 3.05) is 6.54 Å². The summed E-state index contributed by atoms with van der Waals surface area (Å²) in [6, 6.07) is -0.661. The molecule has 0 aliphatic heterocycles. The van der Waals surface area contributed by atoms with Crippen molar-refractivity contribution in [2.24, 2.45) is 0 Å². The van der Waals surface area contributed by atoms with E-state index in [1.165, 1.54) is 0 Å². The maximum Gasteiger partial charge on any atom is 0.207 e. The van der Waals surface area contributed by atoms with Crippen LogP contribution in [0.25, 0.3) is 0 Å². The Hall–Kier alpha value is -1.46. The van der Waals surface area contributed by atoms with E-state index in [0.29, 0.717) is 19.4 Å². The smallest absolute Gasteiger partial charge is 0.207 e. The summed E-state index contributed by atoms with van der Waals surface area (Å²) in [5.41, 5.74) is 1.15. The van der Waals surface area contributed by atoms with Crippen LogP contribution in [0.4, 0.5) is 0 Å². The first-order chi connectivity index (χ1) is 8.19. The number of Topliss-reactive ketones (excluding diaryl/α,β-unsaturated/α-hetero) is 1. The largest absolute Gasteiger partial charge is 0.371 e. The number of nitrogens with one attached hydrogen (secondary N) is 2. The van der Waals surface area contributed by atoms with Crippen molar-refractivity contribution >= 4 is 12.2 Å². The second-order valence-corrected chi connectivity index (χ2v) is 3.94. The lowest BCUT2D eigenvalue weighted by Crippen LogP contribution is -2.48. The van der Waals surface area contributed by atoms with Gasteiger partial charge in [0, 0.05) is 6.54 Å². The van der Waals surface area contributed by atoms with E-state index >= 15 is 0 Å². The molecule has 1 aliphatic carbocycles. The fourth-order valence-electron chi connectivity index (χ4n) is 1.61. The van der Waals surface area contributed by atoms with Crippen LogP contribution in [-0.2, 0) is 9.59 Å². The minimum Gasteiger partial charge on any atom is -0.371 e. The second kappa shape index (κ2) is 6.98. The predicted octanol–water partition coefficient (Wildman–Crippen LogP) is -0.126. The van der Waals surface area contributed by atoms with E-state index in [1.54, 1.807) is 6.08 Å². The van der Waals surface area contributed by atoms with Crippen LogP contribution in [0.1, 0.15) is 19.3 Å². The topological polar surface area (TPSA) is 78.4 Å². The summed E-state index contributed by atoms with van der Waals surface area (Å²) in [7, 11) is 0. The Bertz CT molecular complexity index is 326. The lowest BCUT2D eigenvalue weighted by molar-refractivity contribution is -0.132. The van der Waals surface area contributed by atoms with Gasteiger partial charge in [0.15, 0.2) is 12.0 Å². The molecule has 94 valence electrons. The van der Waals surface area contributed by atoms with Crippen LogP contribution in [-0.4, -0.2) is 36.1 Å². The fourth-order valence-corrected chi connectivity index (χ4v) is 1.61. The SMILES string of the molecule is C=CCNC(O)C(=O)C(CC1=CCC1)NC=O. The van der Waals surface area contributed by atoms with Gasteiger partial charge < -0.3 is 10.4 Å². The molecule has 1 aliphatic rings. The number of ketones is 1. The first-order valence-electron chi connectivity index (χ1n) is 5.62. The third-order valence-corrected chi connectivity index (χ3v) is 2.70. The summed E-state index contributed by atoms with van der Waals surface area (Å²) in [6.07, 6.45) is 5.26. The maximum absolute atomic E-state index is 11.8. The molecule has 0 radical (unpaired) electrons. The summed E-state index contributed by atoms with van der Waals surface area (Å²) < 4.78 is 0. The minimum absolute atomic E-state index is 0.337. The molecule has 0 aromatic carbocycles. The van der Waals surface area contributed by atoms with E-state index in [-0.39, 0.29) is 0 Å². The van der Waals surface area contributed by atoms with Gasteiger partial charge in [0.2, 0.25) is 6.41 Å². The number of allylic oxidation sites excluding steroid dienone is 1. The Balaban J connectivity index is 2.51. The highest BCUT2D eigenvalue weighted by atomic mass is 16.3. The van der Waals surface area contributed by atoms with Gasteiger partial charge in [0.1, 0.15) is 0 Å². The summed E-state index contributed by atoms with van der Waals surface area (Å²) >= 11 is 0. The molecule has 1 rings (SSSR count). The Kier molecular flexibility index (Phi) is 5.59. The third-order valence-electron chi connectivity index (χ3n) is 2.70. The number of rotatable bonds is 9. The van der Waals surface area contributed by atoms with E-state index in [9.17, 15) is 14.7 Å². The fraction of sp³-hybridized carbons (Fsp3) is 0.500. The molecule has 2 unspecified atom stereocenters. The Morgan fingerprint density at radius 3 is 2.82 bits per heavy atom. The number of carbonyl (C=O) groups excluding carboxylic acids is 2. The maximum atomic E-state index is 11.8. The molecule has 0 aromatic heterocycles. The Morgan fingerprint density at radius 1 is 1.65 bits per heavy atom. The van der Waals surface area contributed by atoms with Gasteiger partial charge >= 0.3 is 0 Å². The van der Waals surface area contributed by atoms with Gasteiger partial charge in [-0.1, -0.05) is 17.7 Å². The molecule has 1 amide bonds. The molecule has 5 nitrogen and oxygen atoms in total. The number of hydrogen-bond acceptors (Lipinski definition) is 4. The van der Waals surface area contributed by atoms with E-state index in [0.717, 1.165) is 18.4 Å². The molecular formula is C12H18N2O3. The molecule has 0 fully saturated rings. The van der Waals surface area contributed by atoms with Gasteiger partial charge in [-0.05, 0) is 19.3 Å². The van der Waals surface area contributed by atoms with Crippen LogP contribution in [0.2, 0.25) is 0 Å². The van der Waals surface area contributed by atoms with Crippen LogP contribution in [0.3, 0.4) is 0 Å². The van der Waals surface area contributed by atoms with Crippen LogP contribution < -0.4 is 10.6 Å². The lowest BCUT2D eigenvalue weighted by Gasteiger charge is -2.22. The van der Waals surface area contributed by atoms with E-state index in [4.69, 9.17) is 0 Å². The molecule has 0 bridgehead atoms. The molecule has 0 saturated heterocycles. The van der Waals surface area contributed by atoms with Gasteiger partial charge in [-0.3, -0.25) is 14.9 Å². The van der Waals surface area contributed by atoms with E-state index in [2.05, 4.69) is 17.2 Å². The number of amides is 1. The average Bonchev–Trinajstić information content (AvgIpc) is 2.28. The normalized spacial score (nSPS) is 17.4. The van der Waals surface area contributed by atoms with Crippen molar-refractivity contribution < 1.29 is 14.7 Å². The van der Waals surface area contributed by atoms with Crippen molar-refractivity contribution in [2.45, 2.75) is 31.5 Å². The molecule has 3 N–H and O–H groups in total. The first kappa shape index (κ1) is 13.6. The zero-order valence-corrected chi connectivity index (χ0v) is 9.69. The summed E-state index contributed by atoms with van der Waals surface area (Å²) in [5.74, 6) is -0.424. The first-order valence-corrected chi connectivity index (χ1v) is 5.62. The molecule has 17 heavy (non-hydrogen) atoms. The van der Waals surface area contributed by atoms with Gasteiger partial charge in [-0.25, -0.2) is 0 Å². The zero-order valence-electron chi connectivity index (χ0n) is 9.69.